The van der Waals surface area contributed by atoms with Crippen molar-refractivity contribution in [1.29, 1.82) is 0 Å². The highest BCUT2D eigenvalue weighted by Crippen LogP contribution is 2.32. The van der Waals surface area contributed by atoms with E-state index in [-0.39, 0.29) is 20.1 Å². The molecule has 0 aliphatic carbocycles. The Bertz CT molecular complexity index is 1400. The van der Waals surface area contributed by atoms with E-state index < -0.39 is 36.1 Å². The van der Waals surface area contributed by atoms with Crippen LogP contribution in [0.3, 0.4) is 0 Å². The highest BCUT2D eigenvalue weighted by Gasteiger charge is 2.33. The Morgan fingerprint density at radius 2 is 1.26 bits per heavy atom. The van der Waals surface area contributed by atoms with Crippen LogP contribution < -0.4 is 19.7 Å². The molecule has 3 aromatic carbocycles. The molecule has 0 bridgehead atoms. The van der Waals surface area contributed by atoms with Crippen molar-refractivity contribution in [2.24, 2.45) is 0 Å². The Kier molecular flexibility index (Phi) is 11.1. The average molecular weight is 730 g/mol. The molecule has 1 fully saturated rings. The quantitative estimate of drug-likeness (QED) is 0.254. The number of alkyl halides is 6. The minimum atomic E-state index is -4.80. The zero-order valence-electron chi connectivity index (χ0n) is 21.1. The molecule has 226 valence electrons. The third kappa shape index (κ3) is 10.4. The summed E-state index contributed by atoms with van der Waals surface area (Å²) in [6.07, 6.45) is -9.60. The molecule has 0 unspecified atom stereocenters. The van der Waals surface area contributed by atoms with Gasteiger partial charge in [0.05, 0.1) is 27.7 Å². The highest BCUT2D eigenvalue weighted by molar-refractivity contribution is 9.10. The van der Waals surface area contributed by atoms with E-state index in [0.717, 1.165) is 43.0 Å². The van der Waals surface area contributed by atoms with Crippen LogP contribution >= 0.6 is 31.9 Å². The number of carbonyl (C=O) groups is 2. The zero-order chi connectivity index (χ0) is 31.1. The molecule has 0 spiro atoms. The molecular formula is C26H20Br2F6N2O6. The minimum Gasteiger partial charge on any atom is -0.478 e. The van der Waals surface area contributed by atoms with Gasteiger partial charge < -0.3 is 29.5 Å². The molecule has 42 heavy (non-hydrogen) atoms. The summed E-state index contributed by atoms with van der Waals surface area (Å²) in [5.74, 6) is -2.55. The van der Waals surface area contributed by atoms with Crippen LogP contribution in [0.1, 0.15) is 20.7 Å². The van der Waals surface area contributed by atoms with Crippen molar-refractivity contribution in [3.8, 4) is 11.5 Å². The minimum absolute atomic E-state index is 0.0372. The van der Waals surface area contributed by atoms with Gasteiger partial charge in [0.1, 0.15) is 11.5 Å². The van der Waals surface area contributed by atoms with Gasteiger partial charge in [-0.1, -0.05) is 0 Å². The number of nitrogens with zero attached hydrogens (tertiary/aromatic N) is 1. The predicted molar refractivity (Wildman–Crippen MR) is 146 cm³/mol. The predicted octanol–water partition coefficient (Wildman–Crippen LogP) is 7.48. The number of nitrogens with one attached hydrogen (secondary N) is 1. The lowest BCUT2D eigenvalue weighted by molar-refractivity contribution is -0.275. The molecule has 1 aliphatic rings. The Morgan fingerprint density at radius 3 is 1.71 bits per heavy atom. The fourth-order valence-electron chi connectivity index (χ4n) is 3.47. The van der Waals surface area contributed by atoms with Gasteiger partial charge in [0.25, 0.3) is 5.91 Å². The van der Waals surface area contributed by atoms with Gasteiger partial charge >= 0.3 is 18.7 Å². The van der Waals surface area contributed by atoms with Crippen molar-refractivity contribution >= 4 is 55.1 Å². The SMILES string of the molecule is O=C(Nc1ccc(N2CCOCC2)cc1)c1ccc(OC(F)(F)F)c(Br)c1.O=C(O)c1ccc(OC(F)(F)F)c(Br)c1. The maximum Gasteiger partial charge on any atom is 0.573 e. The van der Waals surface area contributed by atoms with Crippen molar-refractivity contribution in [2.75, 3.05) is 36.5 Å². The molecule has 8 nitrogen and oxygen atoms in total. The molecule has 1 saturated heterocycles. The number of morpholine rings is 1. The van der Waals surface area contributed by atoms with Gasteiger partial charge in [-0.3, -0.25) is 4.79 Å². The molecule has 0 radical (unpaired) electrons. The number of halogens is 8. The highest BCUT2D eigenvalue weighted by atomic mass is 79.9. The van der Waals surface area contributed by atoms with Crippen molar-refractivity contribution in [3.63, 3.8) is 0 Å². The van der Waals surface area contributed by atoms with E-state index in [0.29, 0.717) is 18.9 Å². The first-order valence-electron chi connectivity index (χ1n) is 11.7. The summed E-state index contributed by atoms with van der Waals surface area (Å²) in [7, 11) is 0. The van der Waals surface area contributed by atoms with Crippen LogP contribution in [0.5, 0.6) is 11.5 Å². The zero-order valence-corrected chi connectivity index (χ0v) is 24.2. The molecule has 2 N–H and O–H groups in total. The molecule has 4 rings (SSSR count). The topological polar surface area (TPSA) is 97.3 Å². The normalized spacial score (nSPS) is 13.5. The number of hydrogen-bond donors (Lipinski definition) is 2. The summed E-state index contributed by atoms with van der Waals surface area (Å²) in [4.78, 5) is 25.0. The molecule has 0 aromatic heterocycles. The molecular weight excluding hydrogens is 710 g/mol. The fraction of sp³-hybridized carbons (Fsp3) is 0.231. The standard InChI is InChI=1S/C18H16BrF3N2O3.C8H4BrF3O3/c19-15-11-12(1-6-16(15)27-18(20,21)22)17(25)23-13-2-4-14(5-3-13)24-7-9-26-10-8-24;9-5-3-4(7(13)14)1-2-6(5)15-8(10,11)12/h1-6,11H,7-10H2,(H,23,25);1-3H,(H,13,14). The van der Waals surface area contributed by atoms with E-state index in [1.54, 1.807) is 12.1 Å². The van der Waals surface area contributed by atoms with Crippen LogP contribution in [0.15, 0.2) is 69.6 Å². The molecule has 0 atom stereocenters. The second-order valence-corrected chi connectivity index (χ2v) is 10.0. The number of carbonyl (C=O) groups excluding carboxylic acids is 1. The summed E-state index contributed by atoms with van der Waals surface area (Å²) < 4.78 is 85.1. The van der Waals surface area contributed by atoms with Gasteiger partial charge in [0, 0.05) is 30.0 Å². The third-order valence-corrected chi connectivity index (χ3v) is 6.57. The van der Waals surface area contributed by atoms with E-state index >= 15 is 0 Å². The Labute approximate surface area is 251 Å². The number of anilines is 2. The van der Waals surface area contributed by atoms with E-state index in [9.17, 15) is 35.9 Å². The van der Waals surface area contributed by atoms with E-state index in [1.165, 1.54) is 12.1 Å². The number of rotatable bonds is 6. The van der Waals surface area contributed by atoms with E-state index in [1.807, 2.05) is 12.1 Å². The molecule has 3 aromatic rings. The van der Waals surface area contributed by atoms with Gasteiger partial charge in [0.2, 0.25) is 0 Å². The largest absolute Gasteiger partial charge is 0.573 e. The summed E-state index contributed by atoms with van der Waals surface area (Å²) in [6.45, 7) is 2.99. The molecule has 1 amide bonds. The number of hydrogen-bond acceptors (Lipinski definition) is 6. The molecule has 1 aliphatic heterocycles. The Morgan fingerprint density at radius 1 is 0.786 bits per heavy atom. The van der Waals surface area contributed by atoms with E-state index in [2.05, 4.69) is 51.6 Å². The fourth-order valence-corrected chi connectivity index (χ4v) is 4.39. The first-order chi connectivity index (χ1) is 19.6. The smallest absolute Gasteiger partial charge is 0.478 e. The van der Waals surface area contributed by atoms with Crippen LogP contribution in [-0.4, -0.2) is 56.0 Å². The van der Waals surface area contributed by atoms with Crippen LogP contribution in [0.25, 0.3) is 0 Å². The second kappa shape index (κ2) is 14.1. The molecule has 1 heterocycles. The maximum absolute atomic E-state index is 12.3. The second-order valence-electron chi connectivity index (χ2n) is 8.29. The lowest BCUT2D eigenvalue weighted by Crippen LogP contribution is -2.36. The van der Waals surface area contributed by atoms with Gasteiger partial charge in [0.15, 0.2) is 0 Å². The van der Waals surface area contributed by atoms with Crippen LogP contribution in [0.4, 0.5) is 37.7 Å². The van der Waals surface area contributed by atoms with Gasteiger partial charge in [-0.25, -0.2) is 4.79 Å². The number of ether oxygens (including phenoxy) is 3. The van der Waals surface area contributed by atoms with Gasteiger partial charge in [-0.2, -0.15) is 0 Å². The van der Waals surface area contributed by atoms with Crippen molar-refractivity contribution < 1.29 is 55.2 Å². The number of amides is 1. The van der Waals surface area contributed by atoms with Crippen LogP contribution in [0.2, 0.25) is 0 Å². The Balaban J connectivity index is 0.000000274. The summed E-state index contributed by atoms with van der Waals surface area (Å²) in [5.41, 5.74) is 1.70. The van der Waals surface area contributed by atoms with Crippen molar-refractivity contribution in [2.45, 2.75) is 12.7 Å². The number of aromatic carboxylic acids is 1. The number of benzene rings is 3. The molecule has 0 saturated carbocycles. The lowest BCUT2D eigenvalue weighted by Gasteiger charge is -2.28. The van der Waals surface area contributed by atoms with Crippen molar-refractivity contribution in [3.05, 3.63) is 80.7 Å². The summed E-state index contributed by atoms with van der Waals surface area (Å²) in [6, 6.07) is 14.0. The van der Waals surface area contributed by atoms with Crippen LogP contribution in [0, 0.1) is 0 Å². The first kappa shape index (κ1) is 33.0. The number of carboxylic acid groups (broad SMARTS) is 1. The van der Waals surface area contributed by atoms with E-state index in [4.69, 9.17) is 9.84 Å². The number of carboxylic acids is 1. The van der Waals surface area contributed by atoms with Crippen LogP contribution in [-0.2, 0) is 4.74 Å². The van der Waals surface area contributed by atoms with Crippen molar-refractivity contribution in [1.82, 2.24) is 0 Å². The lowest BCUT2D eigenvalue weighted by atomic mass is 10.2. The molecule has 16 heteroatoms. The van der Waals surface area contributed by atoms with Gasteiger partial charge in [-0.15, -0.1) is 26.3 Å². The summed E-state index contributed by atoms with van der Waals surface area (Å²) in [5, 5.41) is 11.3. The van der Waals surface area contributed by atoms with Gasteiger partial charge in [-0.05, 0) is 92.5 Å². The maximum atomic E-state index is 12.3. The average Bonchev–Trinajstić information content (AvgIpc) is 2.91. The first-order valence-corrected chi connectivity index (χ1v) is 13.3. The summed E-state index contributed by atoms with van der Waals surface area (Å²) >= 11 is 5.77. The third-order valence-electron chi connectivity index (χ3n) is 5.33. The Hall–Kier alpha value is -3.50. The monoisotopic (exact) mass is 728 g/mol.